The number of aromatic nitrogens is 1. The third kappa shape index (κ3) is 4.16. The molecule has 0 fully saturated rings. The highest BCUT2D eigenvalue weighted by atomic mass is 19.4. The van der Waals surface area contributed by atoms with E-state index in [-0.39, 0.29) is 16.8 Å². The summed E-state index contributed by atoms with van der Waals surface area (Å²) < 4.78 is 38.6. The molecule has 6 nitrogen and oxygen atoms in total. The highest BCUT2D eigenvalue weighted by Crippen LogP contribution is 2.33. The molecule has 1 heterocycles. The summed E-state index contributed by atoms with van der Waals surface area (Å²) in [5.74, 6) is -2.82. The molecular weight excluding hydrogens is 353 g/mol. The van der Waals surface area contributed by atoms with Crippen molar-refractivity contribution in [2.24, 2.45) is 0 Å². The van der Waals surface area contributed by atoms with Crippen LogP contribution in [0.5, 0.6) is 5.75 Å². The van der Waals surface area contributed by atoms with Crippen LogP contribution in [0.3, 0.4) is 0 Å². The van der Waals surface area contributed by atoms with E-state index in [9.17, 15) is 27.9 Å². The van der Waals surface area contributed by atoms with E-state index in [0.717, 1.165) is 24.3 Å². The summed E-state index contributed by atoms with van der Waals surface area (Å²) in [7, 11) is 0. The average Bonchev–Trinajstić information content (AvgIpc) is 2.59. The van der Waals surface area contributed by atoms with Crippen molar-refractivity contribution in [1.29, 1.82) is 5.26 Å². The van der Waals surface area contributed by atoms with Crippen LogP contribution < -0.4 is 0 Å². The zero-order valence-electron chi connectivity index (χ0n) is 13.0. The van der Waals surface area contributed by atoms with Gasteiger partial charge >= 0.3 is 12.1 Å². The molecule has 0 radical (unpaired) electrons. The molecule has 0 spiro atoms. The summed E-state index contributed by atoms with van der Waals surface area (Å²) in [5, 5.41) is 27.6. The zero-order valence-corrected chi connectivity index (χ0v) is 13.0. The summed E-state index contributed by atoms with van der Waals surface area (Å²) in [6, 6.07) is 6.79. The molecule has 0 aliphatic rings. The predicted octanol–water partition coefficient (Wildman–Crippen LogP) is 3.39. The quantitative estimate of drug-likeness (QED) is 0.787. The molecule has 1 aromatic heterocycles. The third-order valence-corrected chi connectivity index (χ3v) is 3.43. The van der Waals surface area contributed by atoms with E-state index in [1.54, 1.807) is 6.07 Å². The van der Waals surface area contributed by atoms with E-state index in [1.807, 2.05) is 0 Å². The Labute approximate surface area is 145 Å². The van der Waals surface area contributed by atoms with Gasteiger partial charge in [0.1, 0.15) is 11.8 Å². The monoisotopic (exact) mass is 364 g/mol. The molecule has 0 bridgehead atoms. The summed E-state index contributed by atoms with van der Waals surface area (Å²) >= 11 is 0. The summed E-state index contributed by atoms with van der Waals surface area (Å²) in [6.45, 7) is 0. The smallest absolute Gasteiger partial charge is 0.416 e. The number of ketones is 1. The Balaban J connectivity index is 2.54. The van der Waals surface area contributed by atoms with Gasteiger partial charge in [-0.3, -0.25) is 9.59 Å². The highest BCUT2D eigenvalue weighted by Gasteiger charge is 2.30. The minimum absolute atomic E-state index is 0.0105. The lowest BCUT2D eigenvalue weighted by molar-refractivity contribution is -0.138. The van der Waals surface area contributed by atoms with Crippen LogP contribution in [0.4, 0.5) is 13.2 Å². The van der Waals surface area contributed by atoms with Crippen molar-refractivity contribution in [3.63, 3.8) is 0 Å². The number of benzene rings is 1. The Bertz CT molecular complexity index is 917. The van der Waals surface area contributed by atoms with Gasteiger partial charge in [-0.1, -0.05) is 12.1 Å². The first-order valence-corrected chi connectivity index (χ1v) is 7.20. The first kappa shape index (κ1) is 18.9. The van der Waals surface area contributed by atoms with Gasteiger partial charge in [-0.15, -0.1) is 0 Å². The van der Waals surface area contributed by atoms with Gasteiger partial charge in [-0.05, 0) is 18.2 Å². The molecule has 2 N–H and O–H groups in total. The lowest BCUT2D eigenvalue weighted by Crippen LogP contribution is -2.08. The maximum absolute atomic E-state index is 12.9. The Morgan fingerprint density at radius 3 is 2.46 bits per heavy atom. The molecule has 0 saturated carbocycles. The minimum Gasteiger partial charge on any atom is -0.504 e. The second-order valence-corrected chi connectivity index (χ2v) is 5.26. The van der Waals surface area contributed by atoms with Gasteiger partial charge in [-0.2, -0.15) is 18.4 Å². The van der Waals surface area contributed by atoms with Crippen LogP contribution in [0, 0.1) is 11.3 Å². The normalized spacial score (nSPS) is 11.0. The number of aliphatic carboxylic acids is 1. The third-order valence-electron chi connectivity index (χ3n) is 3.43. The van der Waals surface area contributed by atoms with Gasteiger partial charge in [0, 0.05) is 12.0 Å². The maximum Gasteiger partial charge on any atom is 0.416 e. The fraction of sp³-hybridized carbons (Fsp3) is 0.176. The molecule has 134 valence electrons. The number of carboxylic acids is 1. The van der Waals surface area contributed by atoms with Gasteiger partial charge in [0.05, 0.1) is 23.2 Å². The van der Waals surface area contributed by atoms with E-state index < -0.39 is 47.8 Å². The van der Waals surface area contributed by atoms with E-state index in [1.165, 1.54) is 6.07 Å². The molecular formula is C17H11F3N2O4. The Kier molecular flexibility index (Phi) is 5.26. The van der Waals surface area contributed by atoms with Crippen molar-refractivity contribution in [2.75, 3.05) is 0 Å². The van der Waals surface area contributed by atoms with E-state index in [4.69, 9.17) is 10.4 Å². The van der Waals surface area contributed by atoms with Crippen LogP contribution in [0.25, 0.3) is 11.3 Å². The Morgan fingerprint density at radius 1 is 1.19 bits per heavy atom. The number of halogens is 3. The number of hydrogen-bond acceptors (Lipinski definition) is 5. The average molecular weight is 364 g/mol. The molecule has 0 amide bonds. The van der Waals surface area contributed by atoms with Crippen LogP contribution in [0.1, 0.15) is 34.5 Å². The van der Waals surface area contributed by atoms with Crippen LogP contribution >= 0.6 is 0 Å². The number of carbonyl (C=O) groups is 2. The Hall–Kier alpha value is -3.41. The predicted molar refractivity (Wildman–Crippen MR) is 82.3 cm³/mol. The number of aromatic hydroxyl groups is 1. The first-order chi connectivity index (χ1) is 12.1. The van der Waals surface area contributed by atoms with Crippen molar-refractivity contribution in [1.82, 2.24) is 4.98 Å². The minimum atomic E-state index is -4.59. The SMILES string of the molecule is N#Cc1cc(-c2cccc(C(F)(F)F)c2)nc(C(=O)CCC(=O)O)c1O. The highest BCUT2D eigenvalue weighted by molar-refractivity contribution is 5.99. The van der Waals surface area contributed by atoms with Crippen LogP contribution in [-0.2, 0) is 11.0 Å². The lowest BCUT2D eigenvalue weighted by atomic mass is 10.0. The first-order valence-electron chi connectivity index (χ1n) is 7.20. The van der Waals surface area contributed by atoms with Crippen LogP contribution in [0.15, 0.2) is 30.3 Å². The topological polar surface area (TPSA) is 111 Å². The van der Waals surface area contributed by atoms with Gasteiger partial charge in [-0.25, -0.2) is 4.98 Å². The Morgan fingerprint density at radius 2 is 1.88 bits per heavy atom. The van der Waals surface area contributed by atoms with Gasteiger partial charge in [0.25, 0.3) is 0 Å². The zero-order chi connectivity index (χ0) is 19.5. The summed E-state index contributed by atoms with van der Waals surface area (Å²) in [5.41, 5.74) is -1.99. The fourth-order valence-corrected chi connectivity index (χ4v) is 2.16. The number of nitriles is 1. The molecule has 1 aromatic carbocycles. The molecule has 9 heteroatoms. The maximum atomic E-state index is 12.9. The lowest BCUT2D eigenvalue weighted by Gasteiger charge is -2.11. The van der Waals surface area contributed by atoms with Gasteiger partial charge in [0.2, 0.25) is 0 Å². The molecule has 0 atom stereocenters. The van der Waals surface area contributed by atoms with E-state index in [0.29, 0.717) is 0 Å². The molecule has 0 aliphatic heterocycles. The standard InChI is InChI=1S/C17H11F3N2O4/c18-17(19,20)11-3-1-2-9(6-11)12-7-10(8-21)16(26)15(22-12)13(23)4-5-14(24)25/h1-3,6-7,26H,4-5H2,(H,24,25). The van der Waals surface area contributed by atoms with Crippen molar-refractivity contribution in [3.05, 3.63) is 47.2 Å². The van der Waals surface area contributed by atoms with Crippen molar-refractivity contribution in [2.45, 2.75) is 19.0 Å². The fourth-order valence-electron chi connectivity index (χ4n) is 2.16. The summed E-state index contributed by atoms with van der Waals surface area (Å²) in [4.78, 5) is 26.5. The summed E-state index contributed by atoms with van der Waals surface area (Å²) in [6.07, 6.45) is -5.59. The second kappa shape index (κ2) is 7.23. The molecule has 0 saturated heterocycles. The molecule has 0 aliphatic carbocycles. The molecule has 26 heavy (non-hydrogen) atoms. The van der Waals surface area contributed by atoms with Crippen LogP contribution in [-0.4, -0.2) is 26.9 Å². The van der Waals surface area contributed by atoms with Crippen molar-refractivity contribution >= 4 is 11.8 Å². The number of nitrogens with zero attached hydrogens (tertiary/aromatic N) is 2. The molecule has 0 unspecified atom stereocenters. The largest absolute Gasteiger partial charge is 0.504 e. The molecule has 2 aromatic rings. The van der Waals surface area contributed by atoms with Crippen LogP contribution in [0.2, 0.25) is 0 Å². The number of hydrogen-bond donors (Lipinski definition) is 2. The number of Topliss-reactive ketones (excluding diaryl/α,β-unsaturated/α-hetero) is 1. The number of alkyl halides is 3. The van der Waals surface area contributed by atoms with Crippen molar-refractivity contribution < 1.29 is 33.0 Å². The van der Waals surface area contributed by atoms with Gasteiger partial charge in [0.15, 0.2) is 11.5 Å². The van der Waals surface area contributed by atoms with Gasteiger partial charge < -0.3 is 10.2 Å². The number of rotatable bonds is 5. The van der Waals surface area contributed by atoms with E-state index in [2.05, 4.69) is 4.98 Å². The number of carbonyl (C=O) groups excluding carboxylic acids is 1. The van der Waals surface area contributed by atoms with E-state index >= 15 is 0 Å². The number of pyridine rings is 1. The number of carboxylic acid groups (broad SMARTS) is 1. The van der Waals surface area contributed by atoms with Crippen molar-refractivity contribution in [3.8, 4) is 23.1 Å². The second-order valence-electron chi connectivity index (χ2n) is 5.26. The molecule has 2 rings (SSSR count).